The molecule has 1 amide bonds. The van der Waals surface area contributed by atoms with Gasteiger partial charge in [0.1, 0.15) is 18.5 Å². The lowest BCUT2D eigenvalue weighted by Crippen LogP contribution is -2.25. The molecule has 0 spiro atoms. The summed E-state index contributed by atoms with van der Waals surface area (Å²) >= 11 is 0. The molecule has 2 aromatic rings. The van der Waals surface area contributed by atoms with Crippen molar-refractivity contribution in [2.45, 2.75) is 46.6 Å². The predicted molar refractivity (Wildman–Crippen MR) is 128 cm³/mol. The molecule has 5 nitrogen and oxygen atoms in total. The minimum absolute atomic E-state index is 0.0654. The molecule has 2 rings (SSSR count). The van der Waals surface area contributed by atoms with Crippen LogP contribution in [-0.2, 0) is 16.0 Å². The lowest BCUT2D eigenvalue weighted by atomic mass is 10.1. The Morgan fingerprint density at radius 1 is 0.938 bits per heavy atom. The van der Waals surface area contributed by atoms with E-state index in [1.54, 1.807) is 12.1 Å². The molecular formula is C27H33NO4. The molecule has 0 saturated heterocycles. The highest BCUT2D eigenvalue weighted by Gasteiger charge is 2.12. The van der Waals surface area contributed by atoms with Crippen LogP contribution in [0.3, 0.4) is 0 Å². The number of esters is 1. The standard InChI is InChI=1S/C27H33NO4/c1-20(2)10-15-26(32-22(4)29)21(3)17-19-31-25-13-11-23(12-14-25)16-18-28-27(30)24-8-6-5-7-9-24/h5-14,17,26H,15-16,18-19H2,1-4H3,(H,28,30)/b21-17+. The number of nitrogens with one attached hydrogen (secondary N) is 1. The predicted octanol–water partition coefficient (Wildman–Crippen LogP) is 5.27. The molecule has 0 aromatic heterocycles. The summed E-state index contributed by atoms with van der Waals surface area (Å²) < 4.78 is 11.2. The molecule has 0 aliphatic rings. The quantitative estimate of drug-likeness (QED) is 0.386. The lowest BCUT2D eigenvalue weighted by molar-refractivity contribution is -0.144. The van der Waals surface area contributed by atoms with Crippen molar-refractivity contribution in [1.29, 1.82) is 0 Å². The van der Waals surface area contributed by atoms with Crippen LogP contribution in [0.5, 0.6) is 5.75 Å². The second-order valence-electron chi connectivity index (χ2n) is 7.89. The third-order valence-corrected chi connectivity index (χ3v) is 4.87. The first-order chi connectivity index (χ1) is 15.3. The Balaban J connectivity index is 1.80. The molecule has 0 radical (unpaired) electrons. The molecule has 0 fully saturated rings. The van der Waals surface area contributed by atoms with Gasteiger partial charge in [0.15, 0.2) is 0 Å². The number of ether oxygens (including phenoxy) is 2. The molecule has 1 atom stereocenters. The van der Waals surface area contributed by atoms with Crippen LogP contribution in [-0.4, -0.2) is 31.1 Å². The third-order valence-electron chi connectivity index (χ3n) is 4.87. The van der Waals surface area contributed by atoms with E-state index in [2.05, 4.69) is 11.4 Å². The topological polar surface area (TPSA) is 64.6 Å². The molecule has 0 bridgehead atoms. The monoisotopic (exact) mass is 435 g/mol. The first-order valence-electron chi connectivity index (χ1n) is 10.9. The average Bonchev–Trinajstić information content (AvgIpc) is 2.77. The number of benzene rings is 2. The van der Waals surface area contributed by atoms with E-state index in [4.69, 9.17) is 9.47 Å². The molecule has 0 heterocycles. The van der Waals surface area contributed by atoms with Gasteiger partial charge in [0.05, 0.1) is 0 Å². The van der Waals surface area contributed by atoms with Gasteiger partial charge < -0.3 is 14.8 Å². The van der Waals surface area contributed by atoms with Gasteiger partial charge in [0.2, 0.25) is 0 Å². The van der Waals surface area contributed by atoms with Crippen molar-refractivity contribution in [1.82, 2.24) is 5.32 Å². The van der Waals surface area contributed by atoms with E-state index in [1.165, 1.54) is 12.5 Å². The summed E-state index contributed by atoms with van der Waals surface area (Å²) in [5, 5.41) is 2.93. The SMILES string of the molecule is CC(=O)OC(CC=C(C)C)/C(C)=C/COc1ccc(CCNC(=O)c2ccccc2)cc1. The maximum Gasteiger partial charge on any atom is 0.303 e. The summed E-state index contributed by atoms with van der Waals surface area (Å²) in [6.45, 7) is 8.38. The van der Waals surface area contributed by atoms with E-state index in [9.17, 15) is 9.59 Å². The molecule has 2 aromatic carbocycles. The second kappa shape index (κ2) is 13.2. The highest BCUT2D eigenvalue weighted by Crippen LogP contribution is 2.15. The summed E-state index contributed by atoms with van der Waals surface area (Å²) in [4.78, 5) is 23.5. The Hall–Kier alpha value is -3.34. The Morgan fingerprint density at radius 2 is 1.62 bits per heavy atom. The summed E-state index contributed by atoms with van der Waals surface area (Å²) in [6.07, 6.45) is 5.12. The van der Waals surface area contributed by atoms with Crippen molar-refractivity contribution in [3.8, 4) is 5.75 Å². The summed E-state index contributed by atoms with van der Waals surface area (Å²) in [6, 6.07) is 17.0. The van der Waals surface area contributed by atoms with Crippen LogP contribution < -0.4 is 10.1 Å². The zero-order chi connectivity index (χ0) is 23.3. The smallest absolute Gasteiger partial charge is 0.303 e. The van der Waals surface area contributed by atoms with Gasteiger partial charge in [-0.25, -0.2) is 0 Å². The average molecular weight is 436 g/mol. The number of amides is 1. The van der Waals surface area contributed by atoms with Gasteiger partial charge in [-0.3, -0.25) is 9.59 Å². The van der Waals surface area contributed by atoms with Crippen molar-refractivity contribution >= 4 is 11.9 Å². The van der Waals surface area contributed by atoms with Crippen molar-refractivity contribution in [2.24, 2.45) is 0 Å². The van der Waals surface area contributed by atoms with E-state index in [0.29, 0.717) is 25.1 Å². The Kier molecular flexibility index (Phi) is 10.2. The molecule has 170 valence electrons. The third kappa shape index (κ3) is 9.21. The fourth-order valence-corrected chi connectivity index (χ4v) is 3.04. The lowest BCUT2D eigenvalue weighted by Gasteiger charge is -2.17. The normalized spacial score (nSPS) is 11.9. The molecule has 32 heavy (non-hydrogen) atoms. The maximum atomic E-state index is 12.1. The number of allylic oxidation sites excluding steroid dienone is 1. The van der Waals surface area contributed by atoms with Crippen LogP contribution in [0, 0.1) is 0 Å². The molecule has 1 unspecified atom stereocenters. The van der Waals surface area contributed by atoms with Crippen LogP contribution in [0.2, 0.25) is 0 Å². The number of hydrogen-bond acceptors (Lipinski definition) is 4. The number of carbonyl (C=O) groups excluding carboxylic acids is 2. The van der Waals surface area contributed by atoms with Crippen molar-refractivity contribution in [3.63, 3.8) is 0 Å². The zero-order valence-electron chi connectivity index (χ0n) is 19.4. The Labute approximate surface area is 191 Å². The van der Waals surface area contributed by atoms with E-state index in [0.717, 1.165) is 23.3 Å². The van der Waals surface area contributed by atoms with Crippen molar-refractivity contribution < 1.29 is 19.1 Å². The minimum atomic E-state index is -0.290. The van der Waals surface area contributed by atoms with E-state index < -0.39 is 0 Å². The first kappa shape index (κ1) is 24.9. The van der Waals surface area contributed by atoms with Crippen molar-refractivity contribution in [3.05, 3.63) is 89.0 Å². The van der Waals surface area contributed by atoms with Gasteiger partial charge in [-0.05, 0) is 68.7 Å². The zero-order valence-corrected chi connectivity index (χ0v) is 19.4. The van der Waals surface area contributed by atoms with Crippen LogP contribution in [0.15, 0.2) is 77.9 Å². The molecule has 5 heteroatoms. The van der Waals surface area contributed by atoms with Gasteiger partial charge >= 0.3 is 5.97 Å². The number of rotatable bonds is 11. The van der Waals surface area contributed by atoms with Crippen LogP contribution in [0.25, 0.3) is 0 Å². The van der Waals surface area contributed by atoms with Gasteiger partial charge in [0, 0.05) is 25.5 Å². The van der Waals surface area contributed by atoms with E-state index in [1.807, 2.05) is 69.3 Å². The van der Waals surface area contributed by atoms with Gasteiger partial charge in [0.25, 0.3) is 5.91 Å². The first-order valence-corrected chi connectivity index (χ1v) is 10.9. The van der Waals surface area contributed by atoms with Gasteiger partial charge in [-0.15, -0.1) is 0 Å². The maximum absolute atomic E-state index is 12.1. The van der Waals surface area contributed by atoms with Crippen molar-refractivity contribution in [2.75, 3.05) is 13.2 Å². The summed E-state index contributed by atoms with van der Waals surface area (Å²) in [5.74, 6) is 0.408. The fourth-order valence-electron chi connectivity index (χ4n) is 3.04. The minimum Gasteiger partial charge on any atom is -0.490 e. The highest BCUT2D eigenvalue weighted by atomic mass is 16.5. The van der Waals surface area contributed by atoms with Crippen LogP contribution in [0.4, 0.5) is 0 Å². The largest absolute Gasteiger partial charge is 0.490 e. The van der Waals surface area contributed by atoms with Gasteiger partial charge in [-0.2, -0.15) is 0 Å². The highest BCUT2D eigenvalue weighted by molar-refractivity contribution is 5.94. The van der Waals surface area contributed by atoms with E-state index in [-0.39, 0.29) is 18.0 Å². The van der Waals surface area contributed by atoms with Crippen LogP contribution in [0.1, 0.15) is 50.0 Å². The summed E-state index contributed by atoms with van der Waals surface area (Å²) in [5.41, 5.74) is 3.93. The number of hydrogen-bond donors (Lipinski definition) is 1. The summed E-state index contributed by atoms with van der Waals surface area (Å²) in [7, 11) is 0. The molecular weight excluding hydrogens is 402 g/mol. The molecule has 0 saturated carbocycles. The van der Waals surface area contributed by atoms with Crippen LogP contribution >= 0.6 is 0 Å². The molecule has 1 N–H and O–H groups in total. The van der Waals surface area contributed by atoms with Gasteiger partial charge in [-0.1, -0.05) is 42.0 Å². The number of carbonyl (C=O) groups is 2. The second-order valence-corrected chi connectivity index (χ2v) is 7.89. The molecule has 0 aliphatic carbocycles. The molecule has 0 aliphatic heterocycles. The fraction of sp³-hybridized carbons (Fsp3) is 0.333. The Bertz CT molecular complexity index is 926. The Morgan fingerprint density at radius 3 is 2.25 bits per heavy atom. The van der Waals surface area contributed by atoms with E-state index >= 15 is 0 Å².